The largest absolute Gasteiger partial charge is 0.514 e. The van der Waals surface area contributed by atoms with Crippen molar-refractivity contribution in [3.63, 3.8) is 0 Å². The molecule has 1 aliphatic heterocycles. The molecule has 0 saturated heterocycles. The van der Waals surface area contributed by atoms with Crippen LogP contribution in [-0.4, -0.2) is 17.2 Å². The third kappa shape index (κ3) is 3.51. The molecule has 1 saturated carbocycles. The van der Waals surface area contributed by atoms with E-state index in [0.29, 0.717) is 18.1 Å². The number of nitrogens with zero attached hydrogens (tertiary/aromatic N) is 1. The molecule has 2 atom stereocenters. The van der Waals surface area contributed by atoms with E-state index in [1.807, 2.05) is 25.3 Å². The van der Waals surface area contributed by atoms with Gasteiger partial charge in [0.15, 0.2) is 5.75 Å². The number of allylic oxidation sites excluding steroid dienone is 3. The first kappa shape index (κ1) is 17.6. The van der Waals surface area contributed by atoms with Gasteiger partial charge in [0.1, 0.15) is 6.10 Å². The Morgan fingerprint density at radius 1 is 1.35 bits per heavy atom. The summed E-state index contributed by atoms with van der Waals surface area (Å²) in [6, 6.07) is 0. The summed E-state index contributed by atoms with van der Waals surface area (Å²) < 4.78 is 17.0. The van der Waals surface area contributed by atoms with Crippen molar-refractivity contribution in [3.05, 3.63) is 46.3 Å². The van der Waals surface area contributed by atoms with Crippen LogP contribution in [0.2, 0.25) is 0 Å². The van der Waals surface area contributed by atoms with Crippen LogP contribution in [-0.2, 0) is 16.1 Å². The predicted octanol–water partition coefficient (Wildman–Crippen LogP) is 5.12. The molecule has 0 spiro atoms. The molecule has 0 radical (unpaired) electrons. The number of hydrogen-bond donors (Lipinski definition) is 0. The number of rotatable bonds is 3. The molecule has 2 aliphatic carbocycles. The Morgan fingerprint density at radius 2 is 2.15 bits per heavy atom. The third-order valence-corrected chi connectivity index (χ3v) is 5.57. The summed E-state index contributed by atoms with van der Waals surface area (Å²) >= 11 is 6.01. The fourth-order valence-electron chi connectivity index (χ4n) is 3.88. The number of hydrogen-bond acceptors (Lipinski definition) is 5. The van der Waals surface area contributed by atoms with E-state index in [4.69, 9.17) is 25.8 Å². The minimum absolute atomic E-state index is 0.0274. The van der Waals surface area contributed by atoms with Crippen LogP contribution in [0.3, 0.4) is 0 Å². The normalized spacial score (nSPS) is 25.1. The van der Waals surface area contributed by atoms with Gasteiger partial charge in [-0.3, -0.25) is 4.98 Å². The van der Waals surface area contributed by atoms with Crippen molar-refractivity contribution >= 4 is 17.8 Å². The lowest BCUT2D eigenvalue weighted by Gasteiger charge is -2.21. The van der Waals surface area contributed by atoms with Gasteiger partial charge in [-0.05, 0) is 45.1 Å². The molecule has 4 rings (SSSR count). The zero-order chi connectivity index (χ0) is 18.1. The average molecular weight is 376 g/mol. The molecule has 26 heavy (non-hydrogen) atoms. The topological polar surface area (TPSA) is 57.7 Å². The summed E-state index contributed by atoms with van der Waals surface area (Å²) in [4.78, 5) is 16.6. The molecule has 138 valence electrons. The van der Waals surface area contributed by atoms with Crippen LogP contribution in [0.5, 0.6) is 5.75 Å². The van der Waals surface area contributed by atoms with Gasteiger partial charge >= 0.3 is 6.16 Å². The number of fused-ring (bicyclic) bond motifs is 1. The number of pyridine rings is 1. The van der Waals surface area contributed by atoms with Crippen molar-refractivity contribution in [1.82, 2.24) is 4.98 Å². The van der Waals surface area contributed by atoms with Crippen LogP contribution in [0.4, 0.5) is 4.79 Å². The van der Waals surface area contributed by atoms with Crippen LogP contribution in [0.15, 0.2) is 29.5 Å². The first-order valence-corrected chi connectivity index (χ1v) is 9.52. The highest BCUT2D eigenvalue weighted by Crippen LogP contribution is 2.43. The lowest BCUT2D eigenvalue weighted by Crippen LogP contribution is -2.19. The Labute approximate surface area is 158 Å². The van der Waals surface area contributed by atoms with Crippen molar-refractivity contribution in [2.75, 3.05) is 0 Å². The molecule has 6 heteroatoms. The second-order valence-corrected chi connectivity index (χ2v) is 7.50. The number of halogens is 1. The Bertz CT molecular complexity index is 767. The maximum absolute atomic E-state index is 12.2. The number of aromatic nitrogens is 1. The fourth-order valence-corrected chi connectivity index (χ4v) is 4.05. The molecule has 0 N–H and O–H groups in total. The molecule has 2 heterocycles. The van der Waals surface area contributed by atoms with Crippen molar-refractivity contribution in [2.24, 2.45) is 5.92 Å². The highest BCUT2D eigenvalue weighted by Gasteiger charge is 2.34. The molecule has 1 aromatic heterocycles. The van der Waals surface area contributed by atoms with Crippen LogP contribution in [0, 0.1) is 12.8 Å². The summed E-state index contributed by atoms with van der Waals surface area (Å²) in [7, 11) is 0. The first-order chi connectivity index (χ1) is 12.6. The molecule has 2 unspecified atom stereocenters. The molecule has 0 aromatic carbocycles. The van der Waals surface area contributed by atoms with Gasteiger partial charge in [-0.1, -0.05) is 23.8 Å². The molecule has 3 aliphatic rings. The molecule has 5 nitrogen and oxygen atoms in total. The Morgan fingerprint density at radius 3 is 2.88 bits per heavy atom. The maximum Gasteiger partial charge on any atom is 0.514 e. The predicted molar refractivity (Wildman–Crippen MR) is 97.1 cm³/mol. The molecule has 0 bridgehead atoms. The molecule has 1 fully saturated rings. The Kier molecular flexibility index (Phi) is 5.00. The number of carbonyl (C=O) groups is 1. The Hall–Kier alpha value is -1.85. The summed E-state index contributed by atoms with van der Waals surface area (Å²) in [6.07, 6.45) is 11.8. The lowest BCUT2D eigenvalue weighted by atomic mass is 9.90. The summed E-state index contributed by atoms with van der Waals surface area (Å²) in [5.74, 6) is 0.669. The minimum Gasteiger partial charge on any atom is -0.431 e. The van der Waals surface area contributed by atoms with Gasteiger partial charge in [-0.25, -0.2) is 4.79 Å². The van der Waals surface area contributed by atoms with E-state index in [1.165, 1.54) is 0 Å². The van der Waals surface area contributed by atoms with Crippen molar-refractivity contribution in [2.45, 2.75) is 57.8 Å². The van der Waals surface area contributed by atoms with Crippen molar-refractivity contribution < 1.29 is 19.0 Å². The Balaban J connectivity index is 1.52. The quantitative estimate of drug-likeness (QED) is 0.686. The second kappa shape index (κ2) is 7.41. The van der Waals surface area contributed by atoms with Gasteiger partial charge in [0.25, 0.3) is 0 Å². The van der Waals surface area contributed by atoms with E-state index < -0.39 is 6.16 Å². The molecule has 1 aromatic rings. The van der Waals surface area contributed by atoms with Gasteiger partial charge in [0, 0.05) is 28.3 Å². The minimum atomic E-state index is -0.647. The van der Waals surface area contributed by atoms with Crippen LogP contribution >= 0.6 is 11.6 Å². The van der Waals surface area contributed by atoms with Crippen LogP contribution in [0.25, 0.3) is 0 Å². The molecular formula is C20H22ClNO4. The van der Waals surface area contributed by atoms with Crippen molar-refractivity contribution in [3.8, 4) is 5.75 Å². The maximum atomic E-state index is 12.2. The van der Waals surface area contributed by atoms with Gasteiger partial charge in [0.05, 0.1) is 18.4 Å². The monoisotopic (exact) mass is 375 g/mol. The SMILES string of the molecule is Cc1ncc2c(c1OC(=O)OC1CCCC1)COC2C1C=CC(Cl)=CC1. The standard InChI is InChI=1S/C20H22ClNO4/c1-12-18(26-20(23)25-15-4-2-3-5-15)17-11-24-19(16(17)10-22-12)13-6-8-14(21)9-7-13/h6,8-10,13,15,19H,2-5,7,11H2,1H3. The average Bonchev–Trinajstić information content (AvgIpc) is 3.28. The summed E-state index contributed by atoms with van der Waals surface area (Å²) in [5.41, 5.74) is 2.53. The van der Waals surface area contributed by atoms with Gasteiger partial charge in [-0.15, -0.1) is 0 Å². The zero-order valence-electron chi connectivity index (χ0n) is 14.7. The highest BCUT2D eigenvalue weighted by atomic mass is 35.5. The fraction of sp³-hybridized carbons (Fsp3) is 0.500. The van der Waals surface area contributed by atoms with E-state index in [9.17, 15) is 4.79 Å². The molecule has 0 amide bonds. The van der Waals surface area contributed by atoms with E-state index >= 15 is 0 Å². The zero-order valence-corrected chi connectivity index (χ0v) is 15.5. The number of carbonyl (C=O) groups excluding carboxylic acids is 1. The lowest BCUT2D eigenvalue weighted by molar-refractivity contribution is 0.0364. The van der Waals surface area contributed by atoms with E-state index in [0.717, 1.165) is 48.3 Å². The highest BCUT2D eigenvalue weighted by molar-refractivity contribution is 6.31. The third-order valence-electron chi connectivity index (χ3n) is 5.29. The second-order valence-electron chi connectivity index (χ2n) is 7.06. The molecular weight excluding hydrogens is 354 g/mol. The van der Waals surface area contributed by atoms with E-state index in [2.05, 4.69) is 11.1 Å². The smallest absolute Gasteiger partial charge is 0.431 e. The van der Waals surface area contributed by atoms with Crippen molar-refractivity contribution in [1.29, 1.82) is 0 Å². The summed E-state index contributed by atoms with van der Waals surface area (Å²) in [5, 5.41) is 0.750. The van der Waals surface area contributed by atoms with E-state index in [1.54, 1.807) is 0 Å². The van der Waals surface area contributed by atoms with Crippen LogP contribution in [0.1, 0.15) is 55.0 Å². The number of aryl methyl sites for hydroxylation is 1. The van der Waals surface area contributed by atoms with Crippen LogP contribution < -0.4 is 4.74 Å². The summed E-state index contributed by atoms with van der Waals surface area (Å²) in [6.45, 7) is 2.23. The van der Waals surface area contributed by atoms with Gasteiger partial charge in [-0.2, -0.15) is 0 Å². The van der Waals surface area contributed by atoms with Gasteiger partial charge < -0.3 is 14.2 Å². The first-order valence-electron chi connectivity index (χ1n) is 9.14. The van der Waals surface area contributed by atoms with E-state index in [-0.39, 0.29) is 18.1 Å². The van der Waals surface area contributed by atoms with Gasteiger partial charge in [0.2, 0.25) is 0 Å². The number of ether oxygens (including phenoxy) is 3.